The van der Waals surface area contributed by atoms with Gasteiger partial charge in [-0.15, -0.1) is 11.8 Å². The highest BCUT2D eigenvalue weighted by atomic mass is 32.2. The number of phenols is 1. The van der Waals surface area contributed by atoms with Gasteiger partial charge in [-0.25, -0.2) is 4.79 Å². The summed E-state index contributed by atoms with van der Waals surface area (Å²) in [7, 11) is 0. The second-order valence-electron chi connectivity index (χ2n) is 9.49. The van der Waals surface area contributed by atoms with Crippen molar-refractivity contribution in [1.82, 2.24) is 15.5 Å². The van der Waals surface area contributed by atoms with Crippen LogP contribution >= 0.6 is 11.8 Å². The van der Waals surface area contributed by atoms with Crippen LogP contribution in [0.25, 0.3) is 0 Å². The molecule has 2 fully saturated rings. The zero-order chi connectivity index (χ0) is 28.6. The van der Waals surface area contributed by atoms with Crippen molar-refractivity contribution in [2.45, 2.75) is 42.1 Å². The number of fused-ring (bicyclic) bond motifs is 1. The zero-order valence-corrected chi connectivity index (χ0v) is 21.6. The third-order valence-corrected chi connectivity index (χ3v) is 8.00. The van der Waals surface area contributed by atoms with Gasteiger partial charge in [-0.3, -0.25) is 24.2 Å². The van der Waals surface area contributed by atoms with Crippen LogP contribution in [-0.2, 0) is 24.0 Å². The summed E-state index contributed by atoms with van der Waals surface area (Å²) in [6.07, 6.45) is 1.98. The molecule has 0 bridgehead atoms. The first-order chi connectivity index (χ1) is 18.4. The van der Waals surface area contributed by atoms with Crippen molar-refractivity contribution < 1.29 is 44.4 Å². The number of rotatable bonds is 8. The van der Waals surface area contributed by atoms with E-state index in [1.807, 2.05) is 0 Å². The average molecular weight is 559 g/mol. The fraction of sp³-hybridized carbons (Fsp3) is 0.360. The molecular formula is C25H26N4O9S. The number of carbonyl (C=O) groups is 5. The number of thioether (sulfide) groups is 1. The highest BCUT2D eigenvalue weighted by Gasteiger charge is 2.64. The molecule has 39 heavy (non-hydrogen) atoms. The van der Waals surface area contributed by atoms with Gasteiger partial charge in [-0.2, -0.15) is 0 Å². The van der Waals surface area contributed by atoms with Gasteiger partial charge in [0.2, 0.25) is 17.6 Å². The van der Waals surface area contributed by atoms with E-state index in [9.17, 15) is 39.3 Å². The van der Waals surface area contributed by atoms with Crippen molar-refractivity contribution in [3.63, 3.8) is 0 Å². The molecular weight excluding hydrogens is 532 g/mol. The topological polar surface area (TPSA) is 206 Å². The molecule has 6 N–H and O–H groups in total. The first-order valence-corrected chi connectivity index (χ1v) is 12.7. The van der Waals surface area contributed by atoms with E-state index in [0.29, 0.717) is 0 Å². The maximum Gasteiger partial charge on any atom is 0.327 e. The Morgan fingerprint density at radius 3 is 2.41 bits per heavy atom. The van der Waals surface area contributed by atoms with E-state index in [0.717, 1.165) is 12.2 Å². The SMILES string of the molecule is CC1(C)S[C@@H]2[C@H](NC(=O)C(N=C3C(=O)C=CC(O)=C3C(=O)NCCO)c3ccc(O)cc3)C(=O)N2[C@H]1C(=O)O. The lowest BCUT2D eigenvalue weighted by atomic mass is 9.95. The molecule has 4 rings (SSSR count). The fourth-order valence-electron chi connectivity index (χ4n) is 4.62. The first-order valence-electron chi connectivity index (χ1n) is 11.8. The van der Waals surface area contributed by atoms with Crippen molar-refractivity contribution in [2.75, 3.05) is 13.2 Å². The number of hydrogen-bond donors (Lipinski definition) is 6. The smallest absolute Gasteiger partial charge is 0.327 e. The molecule has 14 heteroatoms. The maximum absolute atomic E-state index is 13.5. The van der Waals surface area contributed by atoms with Crippen molar-refractivity contribution in [3.05, 3.63) is 53.3 Å². The quantitative estimate of drug-likeness (QED) is 0.179. The lowest BCUT2D eigenvalue weighted by Gasteiger charge is -2.43. The summed E-state index contributed by atoms with van der Waals surface area (Å²) in [4.78, 5) is 69.1. The van der Waals surface area contributed by atoms with Crippen molar-refractivity contribution in [1.29, 1.82) is 0 Å². The van der Waals surface area contributed by atoms with Crippen molar-refractivity contribution in [3.8, 4) is 5.75 Å². The number of carboxylic acids is 1. The average Bonchev–Trinajstić information content (AvgIpc) is 3.14. The van der Waals surface area contributed by atoms with Gasteiger partial charge in [-0.1, -0.05) is 12.1 Å². The van der Waals surface area contributed by atoms with E-state index < -0.39 is 81.4 Å². The van der Waals surface area contributed by atoms with E-state index in [4.69, 9.17) is 5.11 Å². The molecule has 2 heterocycles. The molecule has 3 amide bonds. The Bertz CT molecular complexity index is 1340. The molecule has 2 saturated heterocycles. The minimum atomic E-state index is -1.50. The lowest BCUT2D eigenvalue weighted by Crippen LogP contribution is -2.70. The highest BCUT2D eigenvalue weighted by Crippen LogP contribution is 2.50. The molecule has 2 aliphatic heterocycles. The van der Waals surface area contributed by atoms with Crippen LogP contribution < -0.4 is 10.6 Å². The van der Waals surface area contributed by atoms with Gasteiger partial charge < -0.3 is 36.0 Å². The number of aliphatic hydroxyl groups excluding tert-OH is 2. The molecule has 13 nitrogen and oxygen atoms in total. The Labute approximate surface area is 226 Å². The number of carbonyl (C=O) groups excluding carboxylic acids is 4. The minimum Gasteiger partial charge on any atom is -0.508 e. The molecule has 0 saturated carbocycles. The fourth-order valence-corrected chi connectivity index (χ4v) is 6.24. The first kappa shape index (κ1) is 27.9. The Morgan fingerprint density at radius 2 is 1.79 bits per heavy atom. The van der Waals surface area contributed by atoms with Crippen LogP contribution in [0.1, 0.15) is 25.5 Å². The number of aliphatic carboxylic acids is 1. The summed E-state index contributed by atoms with van der Waals surface area (Å²) in [5.74, 6) is -4.96. The summed E-state index contributed by atoms with van der Waals surface area (Å²) in [6, 6.07) is 1.65. The Hall–Kier alpha value is -4.17. The Morgan fingerprint density at radius 1 is 1.13 bits per heavy atom. The largest absolute Gasteiger partial charge is 0.508 e. The predicted molar refractivity (Wildman–Crippen MR) is 138 cm³/mol. The van der Waals surface area contributed by atoms with Crippen LogP contribution in [0.15, 0.2) is 52.7 Å². The van der Waals surface area contributed by atoms with Crippen LogP contribution in [0.5, 0.6) is 5.75 Å². The number of carboxylic acid groups (broad SMARTS) is 1. The van der Waals surface area contributed by atoms with Gasteiger partial charge in [0.05, 0.1) is 6.61 Å². The number of nitrogens with zero attached hydrogens (tertiary/aromatic N) is 2. The van der Waals surface area contributed by atoms with Gasteiger partial charge in [0, 0.05) is 11.3 Å². The van der Waals surface area contributed by atoms with Gasteiger partial charge in [0.15, 0.2) is 6.04 Å². The summed E-state index contributed by atoms with van der Waals surface area (Å²) in [5.41, 5.74) is -0.834. The minimum absolute atomic E-state index is 0.113. The summed E-state index contributed by atoms with van der Waals surface area (Å²) in [5, 5.41) is 43.0. The van der Waals surface area contributed by atoms with Crippen LogP contribution in [-0.4, -0.2) is 95.9 Å². The molecule has 4 atom stereocenters. The summed E-state index contributed by atoms with van der Waals surface area (Å²) < 4.78 is -0.817. The Kier molecular flexibility index (Phi) is 7.52. The number of ketones is 1. The maximum atomic E-state index is 13.5. The van der Waals surface area contributed by atoms with Crippen LogP contribution in [0, 0.1) is 0 Å². The van der Waals surface area contributed by atoms with Gasteiger partial charge in [-0.05, 0) is 43.7 Å². The normalized spacial score (nSPS) is 25.3. The standard InChI is InChI=1S/C25H26N4O9S/c1-25(2)19(24(37)38)29-22(36)18(23(29)39-25)28-21(35)16(11-3-5-12(31)6-4-11)27-17-14(33)8-7-13(32)15(17)20(34)26-9-10-30/h3-8,16,18-19,23,30-32H,9-10H2,1-2H3,(H,26,34)(H,28,35)(H,37,38)/t16?,18-,19+,23-/m1/s1. The molecule has 1 unspecified atom stereocenters. The van der Waals surface area contributed by atoms with Crippen molar-refractivity contribution in [2.24, 2.45) is 4.99 Å². The van der Waals surface area contributed by atoms with E-state index >= 15 is 0 Å². The third kappa shape index (κ3) is 5.12. The third-order valence-electron chi connectivity index (χ3n) is 6.43. The molecule has 0 radical (unpaired) electrons. The number of allylic oxidation sites excluding steroid dienone is 2. The predicted octanol–water partition coefficient (Wildman–Crippen LogP) is -0.434. The Balaban J connectivity index is 1.68. The van der Waals surface area contributed by atoms with Gasteiger partial charge >= 0.3 is 5.97 Å². The van der Waals surface area contributed by atoms with Gasteiger partial charge in [0.25, 0.3) is 5.91 Å². The monoisotopic (exact) mass is 558 g/mol. The second-order valence-corrected chi connectivity index (χ2v) is 11.3. The molecule has 206 valence electrons. The molecule has 3 aliphatic rings. The zero-order valence-electron chi connectivity index (χ0n) is 20.8. The number of aliphatic imine (C=N–C) groups is 1. The summed E-state index contributed by atoms with van der Waals surface area (Å²) >= 11 is 1.23. The van der Waals surface area contributed by atoms with Crippen LogP contribution in [0.2, 0.25) is 0 Å². The van der Waals surface area contributed by atoms with E-state index in [-0.39, 0.29) is 17.9 Å². The molecule has 0 spiro atoms. The number of hydrogen-bond acceptors (Lipinski definition) is 10. The summed E-state index contributed by atoms with van der Waals surface area (Å²) in [6.45, 7) is 2.81. The number of phenolic OH excluding ortho intramolecular Hbond substituents is 1. The lowest BCUT2D eigenvalue weighted by molar-refractivity contribution is -0.161. The molecule has 0 aromatic heterocycles. The van der Waals surface area contributed by atoms with E-state index in [2.05, 4.69) is 15.6 Å². The number of aromatic hydroxyl groups is 1. The van der Waals surface area contributed by atoms with Crippen LogP contribution in [0.3, 0.4) is 0 Å². The molecule has 1 aromatic rings. The van der Waals surface area contributed by atoms with Gasteiger partial charge in [0.1, 0.15) is 40.3 Å². The number of aliphatic hydroxyl groups is 2. The van der Waals surface area contributed by atoms with E-state index in [1.54, 1.807) is 13.8 Å². The van der Waals surface area contributed by atoms with Crippen molar-refractivity contribution >= 4 is 46.9 Å². The second kappa shape index (κ2) is 10.5. The number of nitrogens with one attached hydrogen (secondary N) is 2. The van der Waals surface area contributed by atoms with E-state index in [1.165, 1.54) is 40.9 Å². The number of amides is 3. The number of β-lactam (4-membered cyclic amide) rings is 1. The number of benzene rings is 1. The van der Waals surface area contributed by atoms with Crippen LogP contribution in [0.4, 0.5) is 0 Å². The molecule has 1 aliphatic carbocycles. The molecule has 1 aromatic carbocycles. The highest BCUT2D eigenvalue weighted by molar-refractivity contribution is 8.01.